The fourth-order valence-electron chi connectivity index (χ4n) is 2.09. The van der Waals surface area contributed by atoms with Crippen LogP contribution in [0.15, 0.2) is 24.3 Å². The molecule has 98 valence electrons. The van der Waals surface area contributed by atoms with Gasteiger partial charge < -0.3 is 9.47 Å². The number of benzene rings is 1. The van der Waals surface area contributed by atoms with Gasteiger partial charge in [0.15, 0.2) is 0 Å². The van der Waals surface area contributed by atoms with Crippen LogP contribution in [0.3, 0.4) is 0 Å². The largest absolute Gasteiger partial charge is 0.465 e. The molecule has 2 rings (SSSR count). The van der Waals surface area contributed by atoms with E-state index in [1.807, 2.05) is 24.3 Å². The number of hydrogen-bond acceptors (Lipinski definition) is 4. The van der Waals surface area contributed by atoms with Gasteiger partial charge in [0, 0.05) is 19.1 Å². The number of rotatable bonds is 3. The molecule has 0 bridgehead atoms. The summed E-state index contributed by atoms with van der Waals surface area (Å²) in [6.45, 7) is 5.61. The van der Waals surface area contributed by atoms with Crippen molar-refractivity contribution in [2.24, 2.45) is 0 Å². The summed E-state index contributed by atoms with van der Waals surface area (Å²) in [5, 5.41) is 0. The van der Waals surface area contributed by atoms with Crippen molar-refractivity contribution in [3.8, 4) is 0 Å². The minimum Gasteiger partial charge on any atom is -0.465 e. The standard InChI is InChI=1S/C14H19NO3/c1-11-10-18-8-7-15(11)9-12-3-5-13(6-4-12)14(16)17-2/h3-6,11H,7-10H2,1-2H3/t11-/m1/s1. The summed E-state index contributed by atoms with van der Waals surface area (Å²) in [7, 11) is 1.39. The van der Waals surface area contributed by atoms with Crippen LogP contribution in [0.4, 0.5) is 0 Å². The number of methoxy groups -OCH3 is 1. The van der Waals surface area contributed by atoms with Crippen molar-refractivity contribution in [1.29, 1.82) is 0 Å². The van der Waals surface area contributed by atoms with Crippen LogP contribution >= 0.6 is 0 Å². The molecular weight excluding hydrogens is 230 g/mol. The molecular formula is C14H19NO3. The lowest BCUT2D eigenvalue weighted by atomic mass is 10.1. The van der Waals surface area contributed by atoms with E-state index in [1.165, 1.54) is 12.7 Å². The summed E-state index contributed by atoms with van der Waals surface area (Å²) in [4.78, 5) is 13.7. The molecule has 0 saturated carbocycles. The molecule has 1 saturated heterocycles. The number of esters is 1. The van der Waals surface area contributed by atoms with Crippen molar-refractivity contribution < 1.29 is 14.3 Å². The molecule has 0 aromatic heterocycles. The van der Waals surface area contributed by atoms with E-state index in [0.29, 0.717) is 11.6 Å². The smallest absolute Gasteiger partial charge is 0.337 e. The van der Waals surface area contributed by atoms with Gasteiger partial charge in [-0.25, -0.2) is 4.79 Å². The minimum atomic E-state index is -0.290. The van der Waals surface area contributed by atoms with E-state index in [2.05, 4.69) is 16.6 Å². The average Bonchev–Trinajstić information content (AvgIpc) is 2.41. The summed E-state index contributed by atoms with van der Waals surface area (Å²) < 4.78 is 10.1. The van der Waals surface area contributed by atoms with E-state index < -0.39 is 0 Å². The summed E-state index contributed by atoms with van der Waals surface area (Å²) >= 11 is 0. The normalized spacial score (nSPS) is 20.7. The Kier molecular flexibility index (Phi) is 4.33. The lowest BCUT2D eigenvalue weighted by molar-refractivity contribution is -0.00437. The molecule has 1 atom stereocenters. The van der Waals surface area contributed by atoms with Crippen LogP contribution in [0.2, 0.25) is 0 Å². The van der Waals surface area contributed by atoms with E-state index >= 15 is 0 Å². The Labute approximate surface area is 107 Å². The molecule has 1 aliphatic heterocycles. The molecule has 1 aromatic rings. The molecule has 4 nitrogen and oxygen atoms in total. The molecule has 0 N–H and O–H groups in total. The van der Waals surface area contributed by atoms with Crippen molar-refractivity contribution in [2.45, 2.75) is 19.5 Å². The van der Waals surface area contributed by atoms with Gasteiger partial charge >= 0.3 is 5.97 Å². The summed E-state index contributed by atoms with van der Waals surface area (Å²) in [5.41, 5.74) is 1.80. The zero-order valence-corrected chi connectivity index (χ0v) is 10.9. The number of morpholine rings is 1. The maximum Gasteiger partial charge on any atom is 0.337 e. The molecule has 1 aromatic carbocycles. The Balaban J connectivity index is 1.99. The highest BCUT2D eigenvalue weighted by Crippen LogP contribution is 2.13. The quantitative estimate of drug-likeness (QED) is 0.764. The van der Waals surface area contributed by atoms with Gasteiger partial charge in [-0.05, 0) is 24.6 Å². The minimum absolute atomic E-state index is 0.290. The van der Waals surface area contributed by atoms with Gasteiger partial charge in [-0.2, -0.15) is 0 Å². The Morgan fingerprint density at radius 2 is 2.17 bits per heavy atom. The second kappa shape index (κ2) is 5.98. The molecule has 0 unspecified atom stereocenters. The first kappa shape index (κ1) is 13.1. The lowest BCUT2D eigenvalue weighted by Crippen LogP contribution is -2.42. The molecule has 0 amide bonds. The van der Waals surface area contributed by atoms with Crippen LogP contribution < -0.4 is 0 Å². The van der Waals surface area contributed by atoms with Crippen LogP contribution in [-0.2, 0) is 16.0 Å². The summed E-state index contributed by atoms with van der Waals surface area (Å²) in [5.74, 6) is -0.290. The maximum absolute atomic E-state index is 11.3. The van der Waals surface area contributed by atoms with E-state index in [-0.39, 0.29) is 5.97 Å². The van der Waals surface area contributed by atoms with E-state index in [0.717, 1.165) is 26.3 Å². The third kappa shape index (κ3) is 3.09. The van der Waals surface area contributed by atoms with Gasteiger partial charge in [0.2, 0.25) is 0 Å². The fourth-order valence-corrected chi connectivity index (χ4v) is 2.09. The zero-order valence-electron chi connectivity index (χ0n) is 10.9. The molecule has 1 aliphatic rings. The van der Waals surface area contributed by atoms with Crippen molar-refractivity contribution in [3.63, 3.8) is 0 Å². The van der Waals surface area contributed by atoms with Crippen LogP contribution in [0.5, 0.6) is 0 Å². The number of hydrogen-bond donors (Lipinski definition) is 0. The zero-order chi connectivity index (χ0) is 13.0. The molecule has 0 radical (unpaired) electrons. The predicted molar refractivity (Wildman–Crippen MR) is 68.5 cm³/mol. The van der Waals surface area contributed by atoms with Crippen LogP contribution in [0.1, 0.15) is 22.8 Å². The highest BCUT2D eigenvalue weighted by atomic mass is 16.5. The van der Waals surface area contributed by atoms with Crippen LogP contribution in [-0.4, -0.2) is 43.8 Å². The van der Waals surface area contributed by atoms with Gasteiger partial charge in [-0.15, -0.1) is 0 Å². The second-order valence-electron chi connectivity index (χ2n) is 4.58. The summed E-state index contributed by atoms with van der Waals surface area (Å²) in [6.07, 6.45) is 0. The molecule has 1 heterocycles. The highest BCUT2D eigenvalue weighted by Gasteiger charge is 2.18. The van der Waals surface area contributed by atoms with Gasteiger partial charge in [0.05, 0.1) is 25.9 Å². The molecule has 0 aliphatic carbocycles. The maximum atomic E-state index is 11.3. The monoisotopic (exact) mass is 249 g/mol. The first-order valence-corrected chi connectivity index (χ1v) is 6.20. The average molecular weight is 249 g/mol. The molecule has 18 heavy (non-hydrogen) atoms. The predicted octanol–water partition coefficient (Wildman–Crippen LogP) is 1.69. The lowest BCUT2D eigenvalue weighted by Gasteiger charge is -2.33. The fraction of sp³-hybridized carbons (Fsp3) is 0.500. The van der Waals surface area contributed by atoms with Crippen molar-refractivity contribution in [1.82, 2.24) is 4.90 Å². The number of ether oxygens (including phenoxy) is 2. The third-order valence-electron chi connectivity index (χ3n) is 3.27. The Morgan fingerprint density at radius 3 is 2.78 bits per heavy atom. The molecule has 4 heteroatoms. The molecule has 1 fully saturated rings. The van der Waals surface area contributed by atoms with Crippen molar-refractivity contribution in [3.05, 3.63) is 35.4 Å². The van der Waals surface area contributed by atoms with Gasteiger partial charge in [-0.3, -0.25) is 4.90 Å². The van der Waals surface area contributed by atoms with Gasteiger partial charge in [0.1, 0.15) is 0 Å². The van der Waals surface area contributed by atoms with E-state index in [1.54, 1.807) is 0 Å². The number of nitrogens with zero attached hydrogens (tertiary/aromatic N) is 1. The first-order valence-electron chi connectivity index (χ1n) is 6.20. The van der Waals surface area contributed by atoms with Crippen LogP contribution in [0, 0.1) is 0 Å². The summed E-state index contributed by atoms with van der Waals surface area (Å²) in [6, 6.07) is 8.03. The topological polar surface area (TPSA) is 38.8 Å². The molecule has 0 spiro atoms. The number of carbonyl (C=O) groups is 1. The van der Waals surface area contributed by atoms with E-state index in [9.17, 15) is 4.79 Å². The van der Waals surface area contributed by atoms with E-state index in [4.69, 9.17) is 4.74 Å². The third-order valence-corrected chi connectivity index (χ3v) is 3.27. The first-order chi connectivity index (χ1) is 8.70. The number of carbonyl (C=O) groups excluding carboxylic acids is 1. The Bertz CT molecular complexity index is 402. The Hall–Kier alpha value is -1.39. The SMILES string of the molecule is COC(=O)c1ccc(CN2CCOC[C@H]2C)cc1. The van der Waals surface area contributed by atoms with Crippen molar-refractivity contribution in [2.75, 3.05) is 26.9 Å². The van der Waals surface area contributed by atoms with Crippen molar-refractivity contribution >= 4 is 5.97 Å². The Morgan fingerprint density at radius 1 is 1.44 bits per heavy atom. The van der Waals surface area contributed by atoms with Crippen LogP contribution in [0.25, 0.3) is 0 Å². The van der Waals surface area contributed by atoms with Gasteiger partial charge in [-0.1, -0.05) is 12.1 Å². The van der Waals surface area contributed by atoms with Gasteiger partial charge in [0.25, 0.3) is 0 Å². The second-order valence-corrected chi connectivity index (χ2v) is 4.58. The highest BCUT2D eigenvalue weighted by molar-refractivity contribution is 5.89.